The zero-order valence-electron chi connectivity index (χ0n) is 17.0. The molecule has 0 spiro atoms. The molecular weight excluding hydrogens is 372 g/mol. The van der Waals surface area contributed by atoms with E-state index in [4.69, 9.17) is 0 Å². The molecule has 1 aliphatic heterocycles. The topological polar surface area (TPSA) is 53.4 Å². The third-order valence-electron chi connectivity index (χ3n) is 6.40. The first-order chi connectivity index (χ1) is 14.7. The molecule has 0 radical (unpaired) electrons. The van der Waals surface area contributed by atoms with E-state index in [-0.39, 0.29) is 18.4 Å². The van der Waals surface area contributed by atoms with Crippen molar-refractivity contribution >= 4 is 5.91 Å². The Kier molecular flexibility index (Phi) is 5.09. The highest BCUT2D eigenvalue weighted by atomic mass is 16.3. The van der Waals surface area contributed by atoms with E-state index in [9.17, 15) is 9.90 Å². The molecule has 2 heterocycles. The number of benzene rings is 2. The molecule has 4 nitrogen and oxygen atoms in total. The van der Waals surface area contributed by atoms with Gasteiger partial charge in [-0.25, -0.2) is 0 Å². The maximum absolute atomic E-state index is 12.7. The highest BCUT2D eigenvalue weighted by Crippen LogP contribution is 2.44. The maximum Gasteiger partial charge on any atom is 0.272 e. The number of aromatic nitrogens is 1. The van der Waals surface area contributed by atoms with Crippen LogP contribution in [0.4, 0.5) is 0 Å². The molecule has 152 valence electrons. The molecule has 1 amide bonds. The van der Waals surface area contributed by atoms with E-state index >= 15 is 0 Å². The summed E-state index contributed by atoms with van der Waals surface area (Å²) in [5, 5.41) is 10.1. The van der Waals surface area contributed by atoms with Crippen LogP contribution in [0.15, 0.2) is 66.9 Å². The van der Waals surface area contributed by atoms with Crippen LogP contribution >= 0.6 is 0 Å². The summed E-state index contributed by atoms with van der Waals surface area (Å²) >= 11 is 0. The van der Waals surface area contributed by atoms with Crippen LogP contribution in [0, 0.1) is 0 Å². The Hall–Kier alpha value is -2.98. The van der Waals surface area contributed by atoms with Crippen LogP contribution in [-0.4, -0.2) is 34.0 Å². The van der Waals surface area contributed by atoms with E-state index in [0.717, 1.165) is 24.1 Å². The van der Waals surface area contributed by atoms with Gasteiger partial charge in [-0.3, -0.25) is 9.78 Å². The predicted molar refractivity (Wildman–Crippen MR) is 117 cm³/mol. The van der Waals surface area contributed by atoms with Crippen molar-refractivity contribution in [3.63, 3.8) is 0 Å². The van der Waals surface area contributed by atoms with Gasteiger partial charge in [-0.2, -0.15) is 0 Å². The SMILES string of the molecule is O=C(c1ccccn1)N1CCC(c2ccc(-c3ccccc3C3CC3)cc2CO)C1. The van der Waals surface area contributed by atoms with Gasteiger partial charge in [-0.15, -0.1) is 0 Å². The molecule has 1 atom stereocenters. The Morgan fingerprint density at radius 2 is 1.80 bits per heavy atom. The lowest BCUT2D eigenvalue weighted by molar-refractivity contribution is 0.0785. The molecule has 4 heteroatoms. The molecule has 2 aliphatic rings. The lowest BCUT2D eigenvalue weighted by Crippen LogP contribution is -2.29. The van der Waals surface area contributed by atoms with E-state index in [1.54, 1.807) is 12.3 Å². The average Bonchev–Trinajstić information content (AvgIpc) is 3.55. The molecular formula is C26H26N2O2. The van der Waals surface area contributed by atoms with Gasteiger partial charge in [0, 0.05) is 25.2 Å². The standard InChI is InChI=1S/C26H26N2O2/c29-17-21-15-19(24-6-2-1-5-23(24)18-8-9-18)10-11-22(21)20-12-14-28(16-20)26(30)25-7-3-4-13-27-25/h1-7,10-11,13,15,18,20,29H,8-9,12,14,16-17H2. The Morgan fingerprint density at radius 3 is 2.57 bits per heavy atom. The summed E-state index contributed by atoms with van der Waals surface area (Å²) in [5.74, 6) is 0.908. The summed E-state index contributed by atoms with van der Waals surface area (Å²) in [7, 11) is 0. The number of carbonyl (C=O) groups is 1. The summed E-state index contributed by atoms with van der Waals surface area (Å²) in [6.45, 7) is 1.40. The van der Waals surface area contributed by atoms with Crippen molar-refractivity contribution in [2.45, 2.75) is 37.7 Å². The molecule has 1 saturated carbocycles. The van der Waals surface area contributed by atoms with Gasteiger partial charge in [0.05, 0.1) is 6.61 Å². The number of pyridine rings is 1. The Labute approximate surface area is 177 Å². The molecule has 30 heavy (non-hydrogen) atoms. The number of nitrogens with zero attached hydrogens (tertiary/aromatic N) is 2. The first-order valence-corrected chi connectivity index (χ1v) is 10.8. The number of aliphatic hydroxyl groups is 1. The van der Waals surface area contributed by atoms with Gasteiger partial charge in [0.1, 0.15) is 5.69 Å². The molecule has 1 aliphatic carbocycles. The zero-order chi connectivity index (χ0) is 20.5. The summed E-state index contributed by atoms with van der Waals surface area (Å²) < 4.78 is 0. The van der Waals surface area contributed by atoms with Crippen molar-refractivity contribution in [3.8, 4) is 11.1 Å². The van der Waals surface area contributed by atoms with E-state index in [0.29, 0.717) is 18.2 Å². The highest BCUT2D eigenvalue weighted by Gasteiger charge is 2.30. The quantitative estimate of drug-likeness (QED) is 0.675. The first kappa shape index (κ1) is 19.0. The van der Waals surface area contributed by atoms with Crippen molar-refractivity contribution in [3.05, 3.63) is 89.2 Å². The molecule has 1 aromatic heterocycles. The normalized spacial score (nSPS) is 18.6. The monoisotopic (exact) mass is 398 g/mol. The van der Waals surface area contributed by atoms with Crippen LogP contribution in [-0.2, 0) is 6.61 Å². The van der Waals surface area contributed by atoms with E-state index < -0.39 is 0 Å². The summed E-state index contributed by atoms with van der Waals surface area (Å²) in [6, 6.07) is 20.5. The molecule has 5 rings (SSSR count). The van der Waals surface area contributed by atoms with Gasteiger partial charge in [0.2, 0.25) is 0 Å². The fraction of sp³-hybridized carbons (Fsp3) is 0.308. The number of hydrogen-bond donors (Lipinski definition) is 1. The minimum absolute atomic E-state index is 0.0133. The number of hydrogen-bond acceptors (Lipinski definition) is 3. The first-order valence-electron chi connectivity index (χ1n) is 10.8. The van der Waals surface area contributed by atoms with Crippen molar-refractivity contribution in [1.29, 1.82) is 0 Å². The summed E-state index contributed by atoms with van der Waals surface area (Å²) in [4.78, 5) is 18.8. The molecule has 0 bridgehead atoms. The summed E-state index contributed by atoms with van der Waals surface area (Å²) in [5.41, 5.74) is 6.48. The Bertz CT molecular complexity index is 1060. The second kappa shape index (κ2) is 8.04. The van der Waals surface area contributed by atoms with Crippen molar-refractivity contribution in [1.82, 2.24) is 9.88 Å². The van der Waals surface area contributed by atoms with E-state index in [2.05, 4.69) is 47.4 Å². The Balaban J connectivity index is 1.39. The van der Waals surface area contributed by atoms with Gasteiger partial charge in [-0.05, 0) is 71.2 Å². The van der Waals surface area contributed by atoms with Gasteiger partial charge in [0.15, 0.2) is 0 Å². The minimum atomic E-state index is -0.0152. The van der Waals surface area contributed by atoms with E-state index in [1.165, 1.54) is 29.5 Å². The van der Waals surface area contributed by atoms with Crippen molar-refractivity contribution in [2.24, 2.45) is 0 Å². The van der Waals surface area contributed by atoms with Crippen molar-refractivity contribution in [2.75, 3.05) is 13.1 Å². The second-order valence-electron chi connectivity index (χ2n) is 8.38. The van der Waals surface area contributed by atoms with Crippen LogP contribution < -0.4 is 0 Å². The molecule has 2 aromatic carbocycles. The lowest BCUT2D eigenvalue weighted by atomic mass is 9.89. The van der Waals surface area contributed by atoms with Gasteiger partial charge in [-0.1, -0.05) is 42.5 Å². The highest BCUT2D eigenvalue weighted by molar-refractivity contribution is 5.92. The van der Waals surface area contributed by atoms with Crippen molar-refractivity contribution < 1.29 is 9.90 Å². The average molecular weight is 399 g/mol. The zero-order valence-corrected chi connectivity index (χ0v) is 17.0. The van der Waals surface area contributed by atoms with Gasteiger partial charge >= 0.3 is 0 Å². The van der Waals surface area contributed by atoms with Crippen LogP contribution in [0.1, 0.15) is 58.3 Å². The minimum Gasteiger partial charge on any atom is -0.392 e. The molecule has 1 saturated heterocycles. The fourth-order valence-corrected chi connectivity index (χ4v) is 4.67. The smallest absolute Gasteiger partial charge is 0.272 e. The van der Waals surface area contributed by atoms with Gasteiger partial charge in [0.25, 0.3) is 5.91 Å². The van der Waals surface area contributed by atoms with Gasteiger partial charge < -0.3 is 10.0 Å². The molecule has 1 unspecified atom stereocenters. The maximum atomic E-state index is 12.7. The number of amides is 1. The number of rotatable bonds is 5. The largest absolute Gasteiger partial charge is 0.392 e. The number of aliphatic hydroxyl groups excluding tert-OH is 1. The summed E-state index contributed by atoms with van der Waals surface area (Å²) in [6.07, 6.45) is 5.10. The van der Waals surface area contributed by atoms with Crippen LogP contribution in [0.3, 0.4) is 0 Å². The third-order valence-corrected chi connectivity index (χ3v) is 6.40. The molecule has 3 aromatic rings. The number of carbonyl (C=O) groups excluding carboxylic acids is 1. The van der Waals surface area contributed by atoms with Crippen LogP contribution in [0.2, 0.25) is 0 Å². The van der Waals surface area contributed by atoms with E-state index in [1.807, 2.05) is 17.0 Å². The fourth-order valence-electron chi connectivity index (χ4n) is 4.67. The van der Waals surface area contributed by atoms with Crippen LogP contribution in [0.25, 0.3) is 11.1 Å². The lowest BCUT2D eigenvalue weighted by Gasteiger charge is -2.19. The predicted octanol–water partition coefficient (Wildman–Crippen LogP) is 4.75. The third kappa shape index (κ3) is 3.63. The second-order valence-corrected chi connectivity index (χ2v) is 8.38. The molecule has 1 N–H and O–H groups in total. The number of likely N-dealkylation sites (tertiary alicyclic amines) is 1. The Morgan fingerprint density at radius 1 is 0.967 bits per heavy atom. The van der Waals surface area contributed by atoms with Crippen LogP contribution in [0.5, 0.6) is 0 Å². The molecule has 2 fully saturated rings.